The van der Waals surface area contributed by atoms with E-state index in [1.54, 1.807) is 13.0 Å². The first-order valence-corrected chi connectivity index (χ1v) is 15.2. The number of halogens is 1. The topological polar surface area (TPSA) is 127 Å². The van der Waals surface area contributed by atoms with Crippen LogP contribution in [0.1, 0.15) is 42.0 Å². The number of urea groups is 2. The van der Waals surface area contributed by atoms with Crippen molar-refractivity contribution in [3.8, 4) is 6.07 Å². The summed E-state index contributed by atoms with van der Waals surface area (Å²) >= 11 is 0. The minimum atomic E-state index is -1.22. The minimum Gasteiger partial charge on any atom is -0.466 e. The predicted molar refractivity (Wildman–Crippen MR) is 165 cm³/mol. The molecule has 2 unspecified atom stereocenters. The molecule has 0 aromatic heterocycles. The zero-order chi connectivity index (χ0) is 32.1. The van der Waals surface area contributed by atoms with Gasteiger partial charge in [-0.25, -0.2) is 23.7 Å². The maximum absolute atomic E-state index is 14.7. The van der Waals surface area contributed by atoms with Gasteiger partial charge in [-0.2, -0.15) is 5.26 Å². The summed E-state index contributed by atoms with van der Waals surface area (Å²) in [5, 5.41) is 15.0. The van der Waals surface area contributed by atoms with E-state index < -0.39 is 29.9 Å². The number of nitriles is 1. The molecule has 3 aliphatic rings. The Bertz CT molecular complexity index is 1520. The molecule has 2 atom stereocenters. The Labute approximate surface area is 262 Å². The third-order valence-electron chi connectivity index (χ3n) is 8.96. The molecule has 0 radical (unpaired) electrons. The molecule has 5 rings (SSSR count). The maximum atomic E-state index is 14.7. The van der Waals surface area contributed by atoms with E-state index in [2.05, 4.69) is 26.5 Å². The molecule has 3 aliphatic heterocycles. The number of carbonyl (C=O) groups is 3. The number of ether oxygens (including phenoxy) is 2. The van der Waals surface area contributed by atoms with Gasteiger partial charge in [0.15, 0.2) is 0 Å². The van der Waals surface area contributed by atoms with Gasteiger partial charge in [0.05, 0.1) is 36.2 Å². The second-order valence-electron chi connectivity index (χ2n) is 11.7. The molecule has 2 aromatic carbocycles. The summed E-state index contributed by atoms with van der Waals surface area (Å²) in [7, 11) is 2.62. The fraction of sp³-hybridized carbons (Fsp3) is 0.455. The van der Waals surface area contributed by atoms with Crippen LogP contribution in [0.15, 0.2) is 53.7 Å². The lowest BCUT2D eigenvalue weighted by molar-refractivity contribution is -0.137. The van der Waals surface area contributed by atoms with Crippen LogP contribution in [0.25, 0.3) is 0 Å². The molecule has 12 heteroatoms. The number of carbonyl (C=O) groups excluding carboxylic acids is 3. The van der Waals surface area contributed by atoms with Gasteiger partial charge in [0, 0.05) is 39.3 Å². The summed E-state index contributed by atoms with van der Waals surface area (Å²) in [5.74, 6) is -1.11. The van der Waals surface area contributed by atoms with Crippen LogP contribution >= 0.6 is 0 Å². The minimum absolute atomic E-state index is 0.00636. The number of anilines is 1. The standard InChI is InChI=1S/C33H39FN6O5/c1-21-8-9-23(16-26(21)34)30-29(31(41)45-3)27(20-44-2)37-33(43)40(30)32(42)36-18-22-10-13-39(19-22)25-11-14-38(15-12-25)28-7-5-4-6-24(28)17-35/h4-9,16,22,25,30H,10-15,18-20H2,1-3H3,(H,36,42)(H,37,43). The van der Waals surface area contributed by atoms with Gasteiger partial charge in [-0.05, 0) is 68.0 Å². The SMILES string of the molecule is COCC1=C(C(=O)OC)C(c2ccc(C)c(F)c2)N(C(=O)NCC2CCN(C3CCN(c4ccccc4C#N)CC3)C2)C(=O)N1. The largest absolute Gasteiger partial charge is 0.466 e. The number of likely N-dealkylation sites (tertiary alicyclic amines) is 1. The lowest BCUT2D eigenvalue weighted by atomic mass is 9.93. The molecule has 0 saturated carbocycles. The van der Waals surface area contributed by atoms with Crippen LogP contribution in [0.2, 0.25) is 0 Å². The number of rotatable bonds is 8. The average Bonchev–Trinajstić information content (AvgIpc) is 3.53. The van der Waals surface area contributed by atoms with Crippen molar-refractivity contribution in [3.63, 3.8) is 0 Å². The lowest BCUT2D eigenvalue weighted by Gasteiger charge is -2.38. The molecule has 2 aromatic rings. The van der Waals surface area contributed by atoms with E-state index in [1.807, 2.05) is 24.3 Å². The molecule has 3 heterocycles. The van der Waals surface area contributed by atoms with E-state index in [-0.39, 0.29) is 29.4 Å². The zero-order valence-electron chi connectivity index (χ0n) is 25.8. The molecule has 2 N–H and O–H groups in total. The van der Waals surface area contributed by atoms with Gasteiger partial charge in [0.2, 0.25) is 0 Å². The van der Waals surface area contributed by atoms with Gasteiger partial charge in [0.1, 0.15) is 17.9 Å². The summed E-state index contributed by atoms with van der Waals surface area (Å²) in [6.45, 7) is 5.28. The van der Waals surface area contributed by atoms with Crippen LogP contribution in [-0.4, -0.2) is 87.4 Å². The second kappa shape index (κ2) is 14.1. The monoisotopic (exact) mass is 618 g/mol. The van der Waals surface area contributed by atoms with E-state index in [9.17, 15) is 24.0 Å². The number of hydrogen-bond acceptors (Lipinski definition) is 8. The highest BCUT2D eigenvalue weighted by Crippen LogP contribution is 2.35. The average molecular weight is 619 g/mol. The molecule has 0 bridgehead atoms. The molecular weight excluding hydrogens is 579 g/mol. The summed E-state index contributed by atoms with van der Waals surface area (Å²) in [5.41, 5.74) is 2.46. The van der Waals surface area contributed by atoms with Crippen LogP contribution in [0, 0.1) is 30.0 Å². The van der Waals surface area contributed by atoms with Crippen LogP contribution < -0.4 is 15.5 Å². The molecule has 2 fully saturated rings. The summed E-state index contributed by atoms with van der Waals surface area (Å²) < 4.78 is 24.9. The van der Waals surface area contributed by atoms with Crippen molar-refractivity contribution in [2.75, 3.05) is 58.5 Å². The van der Waals surface area contributed by atoms with Gasteiger partial charge in [-0.3, -0.25) is 4.90 Å². The quantitative estimate of drug-likeness (QED) is 0.428. The van der Waals surface area contributed by atoms with E-state index in [4.69, 9.17) is 9.47 Å². The Hall–Kier alpha value is -4.47. The van der Waals surface area contributed by atoms with Crippen LogP contribution in [0.3, 0.4) is 0 Å². The predicted octanol–water partition coefficient (Wildman–Crippen LogP) is 3.85. The van der Waals surface area contributed by atoms with Crippen molar-refractivity contribution < 1.29 is 28.2 Å². The number of nitrogens with one attached hydrogen (secondary N) is 2. The molecule has 4 amide bonds. The number of piperidine rings is 1. The number of hydrogen-bond donors (Lipinski definition) is 2. The molecule has 11 nitrogen and oxygen atoms in total. The van der Waals surface area contributed by atoms with Crippen molar-refractivity contribution >= 4 is 23.7 Å². The Morgan fingerprint density at radius 2 is 1.87 bits per heavy atom. The smallest absolute Gasteiger partial charge is 0.338 e. The summed E-state index contributed by atoms with van der Waals surface area (Å²) in [6, 6.07) is 12.1. The normalized spacial score (nSPS) is 21.0. The number of imide groups is 1. The van der Waals surface area contributed by atoms with Crippen molar-refractivity contribution in [3.05, 3.63) is 76.2 Å². The van der Waals surface area contributed by atoms with Gasteiger partial charge < -0.3 is 25.0 Å². The van der Waals surface area contributed by atoms with Crippen molar-refractivity contribution in [1.29, 1.82) is 5.26 Å². The number of benzene rings is 2. The lowest BCUT2D eigenvalue weighted by Crippen LogP contribution is -2.55. The van der Waals surface area contributed by atoms with Crippen LogP contribution in [-0.2, 0) is 14.3 Å². The zero-order valence-corrected chi connectivity index (χ0v) is 25.8. The fourth-order valence-corrected chi connectivity index (χ4v) is 6.57. The van der Waals surface area contributed by atoms with E-state index in [1.165, 1.54) is 26.4 Å². The summed E-state index contributed by atoms with van der Waals surface area (Å²) in [4.78, 5) is 45.6. The molecule has 2 saturated heterocycles. The fourth-order valence-electron chi connectivity index (χ4n) is 6.57. The first-order valence-electron chi connectivity index (χ1n) is 15.2. The van der Waals surface area contributed by atoms with Crippen molar-refractivity contribution in [2.45, 2.75) is 38.3 Å². The van der Waals surface area contributed by atoms with E-state index in [0.29, 0.717) is 23.7 Å². The highest BCUT2D eigenvalue weighted by molar-refractivity contribution is 6.01. The number of esters is 1. The Kier molecular flexibility index (Phi) is 10.0. The van der Waals surface area contributed by atoms with E-state index >= 15 is 0 Å². The van der Waals surface area contributed by atoms with E-state index in [0.717, 1.165) is 56.0 Å². The molecular formula is C33H39FN6O5. The summed E-state index contributed by atoms with van der Waals surface area (Å²) in [6.07, 6.45) is 2.85. The first kappa shape index (κ1) is 31.9. The number of nitrogens with zero attached hydrogens (tertiary/aromatic N) is 4. The molecule has 45 heavy (non-hydrogen) atoms. The Morgan fingerprint density at radius 1 is 1.11 bits per heavy atom. The van der Waals surface area contributed by atoms with Gasteiger partial charge in [0.25, 0.3) is 0 Å². The van der Waals surface area contributed by atoms with Crippen LogP contribution in [0.5, 0.6) is 0 Å². The number of amides is 4. The molecule has 0 spiro atoms. The maximum Gasteiger partial charge on any atom is 0.338 e. The first-order chi connectivity index (χ1) is 21.7. The Morgan fingerprint density at radius 3 is 2.56 bits per heavy atom. The van der Waals surface area contributed by atoms with Crippen molar-refractivity contribution in [1.82, 2.24) is 20.4 Å². The van der Waals surface area contributed by atoms with Crippen molar-refractivity contribution in [2.24, 2.45) is 5.92 Å². The van der Waals surface area contributed by atoms with Gasteiger partial charge >= 0.3 is 18.0 Å². The number of methoxy groups -OCH3 is 2. The highest BCUT2D eigenvalue weighted by Gasteiger charge is 2.43. The number of para-hydroxylation sites is 1. The van der Waals surface area contributed by atoms with Crippen LogP contribution in [0.4, 0.5) is 19.7 Å². The second-order valence-corrected chi connectivity index (χ2v) is 11.7. The third-order valence-corrected chi connectivity index (χ3v) is 8.96. The molecule has 238 valence electrons. The third kappa shape index (κ3) is 6.79. The Balaban J connectivity index is 1.25. The highest BCUT2D eigenvalue weighted by atomic mass is 19.1. The number of aryl methyl sites for hydroxylation is 1. The van der Waals surface area contributed by atoms with Gasteiger partial charge in [-0.1, -0.05) is 24.3 Å². The van der Waals surface area contributed by atoms with Gasteiger partial charge in [-0.15, -0.1) is 0 Å². The molecule has 0 aliphatic carbocycles.